The summed E-state index contributed by atoms with van der Waals surface area (Å²) in [4.78, 5) is 14.3. The van der Waals surface area contributed by atoms with Crippen molar-refractivity contribution in [1.29, 1.82) is 0 Å². The molecule has 0 radical (unpaired) electrons. The van der Waals surface area contributed by atoms with Crippen molar-refractivity contribution in [2.24, 2.45) is 11.3 Å². The quantitative estimate of drug-likeness (QED) is 0.790. The maximum absolute atomic E-state index is 12.3. The number of rotatable bonds is 3. The smallest absolute Gasteiger partial charge is 0.240 e. The molecule has 3 heteroatoms. The lowest BCUT2D eigenvalue weighted by Crippen LogP contribution is -2.56. The van der Waals surface area contributed by atoms with E-state index in [9.17, 15) is 4.79 Å². The second-order valence-corrected chi connectivity index (χ2v) is 6.14. The highest BCUT2D eigenvalue weighted by molar-refractivity contribution is 5.82. The third kappa shape index (κ3) is 2.57. The maximum Gasteiger partial charge on any atom is 0.240 e. The topological polar surface area (TPSA) is 32.3 Å². The lowest BCUT2D eigenvalue weighted by Gasteiger charge is -2.40. The number of likely N-dealkylation sites (N-methyl/N-ethyl adjacent to an activating group) is 1. The molecule has 0 spiro atoms. The fourth-order valence-corrected chi connectivity index (χ4v) is 2.63. The van der Waals surface area contributed by atoms with Gasteiger partial charge in [-0.2, -0.15) is 0 Å². The Morgan fingerprint density at radius 1 is 1.44 bits per heavy atom. The first-order valence-corrected chi connectivity index (χ1v) is 6.49. The SMILES string of the molecule is CN(CC1CC1)C(=O)C1NCCCC1(C)C. The van der Waals surface area contributed by atoms with Gasteiger partial charge in [0.1, 0.15) is 0 Å². The highest BCUT2D eigenvalue weighted by atomic mass is 16.2. The van der Waals surface area contributed by atoms with Crippen molar-refractivity contribution in [1.82, 2.24) is 10.2 Å². The van der Waals surface area contributed by atoms with Crippen LogP contribution in [-0.2, 0) is 4.79 Å². The van der Waals surface area contributed by atoms with Crippen LogP contribution in [0.4, 0.5) is 0 Å². The molecular formula is C13H24N2O. The largest absolute Gasteiger partial charge is 0.344 e. The summed E-state index contributed by atoms with van der Waals surface area (Å²) in [5.41, 5.74) is 0.104. The number of hydrogen-bond donors (Lipinski definition) is 1. The van der Waals surface area contributed by atoms with Gasteiger partial charge in [0.2, 0.25) is 5.91 Å². The Labute approximate surface area is 98.6 Å². The molecule has 2 fully saturated rings. The number of carbonyl (C=O) groups is 1. The summed E-state index contributed by atoms with van der Waals surface area (Å²) in [7, 11) is 1.95. The summed E-state index contributed by atoms with van der Waals surface area (Å²) >= 11 is 0. The number of nitrogens with zero attached hydrogens (tertiary/aromatic N) is 1. The minimum absolute atomic E-state index is 0.0185. The van der Waals surface area contributed by atoms with Crippen LogP contribution in [0.25, 0.3) is 0 Å². The molecule has 2 aliphatic rings. The number of amides is 1. The lowest BCUT2D eigenvalue weighted by atomic mass is 9.77. The molecule has 16 heavy (non-hydrogen) atoms. The predicted octanol–water partition coefficient (Wildman–Crippen LogP) is 1.63. The first-order valence-electron chi connectivity index (χ1n) is 6.49. The standard InChI is InChI=1S/C13H24N2O/c1-13(2)7-4-8-14-11(13)12(16)15(3)9-10-5-6-10/h10-11,14H,4-9H2,1-3H3. The number of hydrogen-bond acceptors (Lipinski definition) is 2. The zero-order valence-electron chi connectivity index (χ0n) is 10.8. The van der Waals surface area contributed by atoms with Gasteiger partial charge in [-0.15, -0.1) is 0 Å². The Morgan fingerprint density at radius 3 is 2.69 bits per heavy atom. The summed E-state index contributed by atoms with van der Waals surface area (Å²) in [6, 6.07) is 0.0185. The second-order valence-electron chi connectivity index (χ2n) is 6.14. The highest BCUT2D eigenvalue weighted by Gasteiger charge is 2.39. The van der Waals surface area contributed by atoms with Crippen LogP contribution in [0.3, 0.4) is 0 Å². The molecule has 1 amide bonds. The van der Waals surface area contributed by atoms with Crippen LogP contribution in [0.2, 0.25) is 0 Å². The van der Waals surface area contributed by atoms with Crippen LogP contribution in [0.5, 0.6) is 0 Å². The Morgan fingerprint density at radius 2 is 2.12 bits per heavy atom. The maximum atomic E-state index is 12.3. The van der Waals surface area contributed by atoms with Crippen molar-refractivity contribution in [3.05, 3.63) is 0 Å². The lowest BCUT2D eigenvalue weighted by molar-refractivity contribution is -0.136. The normalized spacial score (nSPS) is 28.8. The van der Waals surface area contributed by atoms with Gasteiger partial charge in [0.15, 0.2) is 0 Å². The average Bonchev–Trinajstić information content (AvgIpc) is 3.00. The molecule has 0 bridgehead atoms. The zero-order chi connectivity index (χ0) is 11.8. The van der Waals surface area contributed by atoms with Gasteiger partial charge >= 0.3 is 0 Å². The molecule has 1 aliphatic heterocycles. The summed E-state index contributed by atoms with van der Waals surface area (Å²) in [6.45, 7) is 6.34. The summed E-state index contributed by atoms with van der Waals surface area (Å²) in [6.07, 6.45) is 4.94. The van der Waals surface area contributed by atoms with E-state index in [-0.39, 0.29) is 17.4 Å². The molecule has 0 aromatic heterocycles. The molecule has 3 nitrogen and oxygen atoms in total. The van der Waals surface area contributed by atoms with E-state index in [2.05, 4.69) is 19.2 Å². The molecule has 1 N–H and O–H groups in total. The first kappa shape index (κ1) is 11.9. The van der Waals surface area contributed by atoms with Crippen LogP contribution in [-0.4, -0.2) is 37.0 Å². The van der Waals surface area contributed by atoms with Gasteiger partial charge in [0, 0.05) is 13.6 Å². The van der Waals surface area contributed by atoms with Crippen LogP contribution in [0.15, 0.2) is 0 Å². The molecule has 1 aliphatic carbocycles. The molecule has 0 aromatic rings. The predicted molar refractivity (Wildman–Crippen MR) is 65.2 cm³/mol. The van der Waals surface area contributed by atoms with Gasteiger partial charge in [-0.3, -0.25) is 4.79 Å². The average molecular weight is 224 g/mol. The van der Waals surface area contributed by atoms with E-state index in [0.29, 0.717) is 0 Å². The van der Waals surface area contributed by atoms with Crippen molar-refractivity contribution in [3.63, 3.8) is 0 Å². The third-order valence-corrected chi connectivity index (χ3v) is 3.98. The van der Waals surface area contributed by atoms with Crippen LogP contribution >= 0.6 is 0 Å². The molecule has 2 rings (SSSR count). The van der Waals surface area contributed by atoms with Gasteiger partial charge in [0.25, 0.3) is 0 Å². The number of nitrogens with one attached hydrogen (secondary N) is 1. The van der Waals surface area contributed by atoms with Gasteiger partial charge in [-0.1, -0.05) is 13.8 Å². The van der Waals surface area contributed by atoms with E-state index in [0.717, 1.165) is 25.4 Å². The van der Waals surface area contributed by atoms with Crippen molar-refractivity contribution in [2.75, 3.05) is 20.1 Å². The van der Waals surface area contributed by atoms with E-state index in [1.165, 1.54) is 19.3 Å². The monoisotopic (exact) mass is 224 g/mol. The molecular weight excluding hydrogens is 200 g/mol. The second kappa shape index (κ2) is 4.36. The van der Waals surface area contributed by atoms with Gasteiger partial charge in [-0.05, 0) is 43.6 Å². The van der Waals surface area contributed by atoms with E-state index in [1.54, 1.807) is 0 Å². The number of carbonyl (C=O) groups excluding carboxylic acids is 1. The molecule has 1 atom stereocenters. The number of piperidine rings is 1. The van der Waals surface area contributed by atoms with Gasteiger partial charge < -0.3 is 10.2 Å². The Bertz CT molecular complexity index is 271. The van der Waals surface area contributed by atoms with E-state index in [1.807, 2.05) is 11.9 Å². The van der Waals surface area contributed by atoms with Crippen molar-refractivity contribution in [3.8, 4) is 0 Å². The van der Waals surface area contributed by atoms with Gasteiger partial charge in [0.05, 0.1) is 6.04 Å². The van der Waals surface area contributed by atoms with Crippen LogP contribution < -0.4 is 5.32 Å². The fraction of sp³-hybridized carbons (Fsp3) is 0.923. The highest BCUT2D eigenvalue weighted by Crippen LogP contribution is 2.33. The van der Waals surface area contributed by atoms with Crippen molar-refractivity contribution in [2.45, 2.75) is 45.6 Å². The zero-order valence-corrected chi connectivity index (χ0v) is 10.8. The molecule has 1 saturated heterocycles. The molecule has 1 saturated carbocycles. The van der Waals surface area contributed by atoms with Gasteiger partial charge in [-0.25, -0.2) is 0 Å². The fourth-order valence-electron chi connectivity index (χ4n) is 2.63. The Hall–Kier alpha value is -0.570. The Balaban J connectivity index is 1.95. The van der Waals surface area contributed by atoms with Crippen LogP contribution in [0.1, 0.15) is 39.5 Å². The van der Waals surface area contributed by atoms with Crippen molar-refractivity contribution < 1.29 is 4.79 Å². The summed E-state index contributed by atoms with van der Waals surface area (Å²) < 4.78 is 0. The molecule has 1 heterocycles. The van der Waals surface area contributed by atoms with Crippen molar-refractivity contribution >= 4 is 5.91 Å². The van der Waals surface area contributed by atoms with E-state index >= 15 is 0 Å². The minimum Gasteiger partial charge on any atom is -0.344 e. The Kier molecular flexibility index (Phi) is 3.24. The van der Waals surface area contributed by atoms with E-state index in [4.69, 9.17) is 0 Å². The summed E-state index contributed by atoms with van der Waals surface area (Å²) in [5.74, 6) is 1.07. The third-order valence-electron chi connectivity index (χ3n) is 3.98. The molecule has 0 aromatic carbocycles. The summed E-state index contributed by atoms with van der Waals surface area (Å²) in [5, 5.41) is 3.39. The minimum atomic E-state index is 0.0185. The van der Waals surface area contributed by atoms with Crippen LogP contribution in [0, 0.1) is 11.3 Å². The molecule has 92 valence electrons. The van der Waals surface area contributed by atoms with E-state index < -0.39 is 0 Å². The first-order chi connectivity index (χ1) is 7.50. The molecule has 1 unspecified atom stereocenters.